The second-order valence-corrected chi connectivity index (χ2v) is 4.07. The van der Waals surface area contributed by atoms with Crippen molar-refractivity contribution in [1.29, 1.82) is 0 Å². The van der Waals surface area contributed by atoms with Crippen LogP contribution < -0.4 is 0 Å². The quantitative estimate of drug-likeness (QED) is 0.611. The molecule has 0 aliphatic rings. The van der Waals surface area contributed by atoms with E-state index in [1.165, 1.54) is 0 Å². The highest BCUT2D eigenvalue weighted by molar-refractivity contribution is 5.84. The standard InChI is InChI=1S/C13H11N3O2/c17-7-13(18)9-4-10(15-5-9)11-3-8-1-2-14-6-12(8)16-11/h1-7,13,15-16,18H. The number of hydrogen-bond donors (Lipinski definition) is 3. The van der Waals surface area contributed by atoms with Crippen molar-refractivity contribution >= 4 is 17.2 Å². The third-order valence-electron chi connectivity index (χ3n) is 2.89. The zero-order valence-corrected chi connectivity index (χ0v) is 9.42. The minimum absolute atomic E-state index is 0.502. The molecule has 0 bridgehead atoms. The molecule has 18 heavy (non-hydrogen) atoms. The van der Waals surface area contributed by atoms with Gasteiger partial charge in [-0.2, -0.15) is 0 Å². The predicted molar refractivity (Wildman–Crippen MR) is 66.9 cm³/mol. The van der Waals surface area contributed by atoms with E-state index in [2.05, 4.69) is 15.0 Å². The fraction of sp³-hybridized carbons (Fsp3) is 0.0769. The van der Waals surface area contributed by atoms with E-state index < -0.39 is 6.10 Å². The van der Waals surface area contributed by atoms with Crippen LogP contribution in [0, 0.1) is 0 Å². The molecule has 0 radical (unpaired) electrons. The molecule has 0 spiro atoms. The van der Waals surface area contributed by atoms with E-state index in [0.717, 1.165) is 22.3 Å². The number of carbonyl (C=O) groups excluding carboxylic acids is 1. The van der Waals surface area contributed by atoms with Crippen molar-refractivity contribution in [1.82, 2.24) is 15.0 Å². The lowest BCUT2D eigenvalue weighted by Gasteiger charge is -1.95. The van der Waals surface area contributed by atoms with Crippen molar-refractivity contribution in [3.63, 3.8) is 0 Å². The smallest absolute Gasteiger partial charge is 0.153 e. The summed E-state index contributed by atoms with van der Waals surface area (Å²) in [6.45, 7) is 0. The number of pyridine rings is 1. The summed E-state index contributed by atoms with van der Waals surface area (Å²) in [4.78, 5) is 20.8. The minimum atomic E-state index is -1.08. The summed E-state index contributed by atoms with van der Waals surface area (Å²) in [6, 6.07) is 5.65. The van der Waals surface area contributed by atoms with Crippen LogP contribution in [0.25, 0.3) is 22.3 Å². The van der Waals surface area contributed by atoms with E-state index >= 15 is 0 Å². The van der Waals surface area contributed by atoms with Crippen LogP contribution in [0.15, 0.2) is 36.8 Å². The normalized spacial score (nSPS) is 12.7. The third-order valence-corrected chi connectivity index (χ3v) is 2.89. The first-order valence-electron chi connectivity index (χ1n) is 5.53. The molecule has 3 N–H and O–H groups in total. The summed E-state index contributed by atoms with van der Waals surface area (Å²) in [7, 11) is 0. The van der Waals surface area contributed by atoms with Crippen LogP contribution in [0.1, 0.15) is 11.7 Å². The van der Waals surface area contributed by atoms with Crippen LogP contribution in [0.4, 0.5) is 0 Å². The molecule has 0 aromatic carbocycles. The Morgan fingerprint density at radius 1 is 1.33 bits per heavy atom. The number of rotatable bonds is 3. The molecule has 0 aliphatic heterocycles. The highest BCUT2D eigenvalue weighted by Gasteiger charge is 2.10. The van der Waals surface area contributed by atoms with Gasteiger partial charge in [-0.3, -0.25) is 4.98 Å². The Balaban J connectivity index is 2.03. The van der Waals surface area contributed by atoms with Crippen LogP contribution in [0.3, 0.4) is 0 Å². The number of hydrogen-bond acceptors (Lipinski definition) is 3. The summed E-state index contributed by atoms with van der Waals surface area (Å²) < 4.78 is 0. The minimum Gasteiger partial charge on any atom is -0.381 e. The fourth-order valence-corrected chi connectivity index (χ4v) is 1.93. The van der Waals surface area contributed by atoms with Gasteiger partial charge in [0.25, 0.3) is 0 Å². The van der Waals surface area contributed by atoms with Crippen LogP contribution in [-0.4, -0.2) is 26.3 Å². The van der Waals surface area contributed by atoms with Gasteiger partial charge in [0.15, 0.2) is 6.29 Å². The molecule has 0 saturated carbocycles. The zero-order valence-electron chi connectivity index (χ0n) is 9.42. The third kappa shape index (κ3) is 1.70. The maximum Gasteiger partial charge on any atom is 0.153 e. The van der Waals surface area contributed by atoms with Gasteiger partial charge < -0.3 is 19.9 Å². The number of nitrogens with zero attached hydrogens (tertiary/aromatic N) is 1. The number of nitrogens with one attached hydrogen (secondary N) is 2. The maximum absolute atomic E-state index is 10.5. The fourth-order valence-electron chi connectivity index (χ4n) is 1.93. The Morgan fingerprint density at radius 2 is 2.22 bits per heavy atom. The lowest BCUT2D eigenvalue weighted by molar-refractivity contribution is -0.115. The van der Waals surface area contributed by atoms with Crippen molar-refractivity contribution < 1.29 is 9.90 Å². The largest absolute Gasteiger partial charge is 0.381 e. The van der Waals surface area contributed by atoms with Gasteiger partial charge in [-0.15, -0.1) is 0 Å². The summed E-state index contributed by atoms with van der Waals surface area (Å²) in [5.74, 6) is 0. The SMILES string of the molecule is O=CC(O)c1c[nH]c(-c2cc3ccncc3[nH]2)c1. The Morgan fingerprint density at radius 3 is 3.00 bits per heavy atom. The monoisotopic (exact) mass is 241 g/mol. The van der Waals surface area contributed by atoms with Crippen LogP contribution in [0.5, 0.6) is 0 Å². The van der Waals surface area contributed by atoms with Gasteiger partial charge >= 0.3 is 0 Å². The molecule has 5 heteroatoms. The van der Waals surface area contributed by atoms with E-state index in [4.69, 9.17) is 0 Å². The van der Waals surface area contributed by atoms with E-state index in [1.54, 1.807) is 24.7 Å². The van der Waals surface area contributed by atoms with E-state index in [-0.39, 0.29) is 0 Å². The molecule has 1 unspecified atom stereocenters. The van der Waals surface area contributed by atoms with Gasteiger partial charge in [0.2, 0.25) is 0 Å². The van der Waals surface area contributed by atoms with Crippen molar-refractivity contribution in [3.8, 4) is 11.4 Å². The van der Waals surface area contributed by atoms with Gasteiger partial charge in [0, 0.05) is 23.3 Å². The molecule has 5 nitrogen and oxygen atoms in total. The molecule has 3 aromatic rings. The second-order valence-electron chi connectivity index (χ2n) is 4.07. The van der Waals surface area contributed by atoms with Gasteiger partial charge in [0.1, 0.15) is 6.10 Å². The molecule has 3 rings (SSSR count). The number of carbonyl (C=O) groups is 1. The highest BCUT2D eigenvalue weighted by Crippen LogP contribution is 2.24. The zero-order chi connectivity index (χ0) is 12.5. The number of fused-ring (bicyclic) bond motifs is 1. The first-order chi connectivity index (χ1) is 8.78. The Labute approximate surface area is 102 Å². The first-order valence-corrected chi connectivity index (χ1v) is 5.53. The predicted octanol–water partition coefficient (Wildman–Crippen LogP) is 1.79. The van der Waals surface area contributed by atoms with Crippen LogP contribution in [0.2, 0.25) is 0 Å². The average molecular weight is 241 g/mol. The Bertz CT molecular complexity index is 666. The van der Waals surface area contributed by atoms with Crippen molar-refractivity contribution in [3.05, 3.63) is 42.4 Å². The molecule has 0 aliphatic carbocycles. The summed E-state index contributed by atoms with van der Waals surface area (Å²) in [5, 5.41) is 10.5. The molecule has 90 valence electrons. The first kappa shape index (κ1) is 10.7. The summed E-state index contributed by atoms with van der Waals surface area (Å²) in [5.41, 5.74) is 3.21. The van der Waals surface area contributed by atoms with Gasteiger partial charge in [-0.25, -0.2) is 0 Å². The Hall–Kier alpha value is -2.40. The number of aliphatic hydroxyl groups is 1. The number of aromatic amines is 2. The highest BCUT2D eigenvalue weighted by atomic mass is 16.3. The van der Waals surface area contributed by atoms with Gasteiger partial charge in [0.05, 0.1) is 23.1 Å². The second kappa shape index (κ2) is 4.12. The van der Waals surface area contributed by atoms with Crippen molar-refractivity contribution in [2.24, 2.45) is 0 Å². The molecule has 0 saturated heterocycles. The van der Waals surface area contributed by atoms with E-state index in [1.807, 2.05) is 12.1 Å². The molecule has 0 amide bonds. The topological polar surface area (TPSA) is 81.8 Å². The molecular weight excluding hydrogens is 230 g/mol. The van der Waals surface area contributed by atoms with Gasteiger partial charge in [-0.05, 0) is 18.2 Å². The summed E-state index contributed by atoms with van der Waals surface area (Å²) >= 11 is 0. The van der Waals surface area contributed by atoms with Crippen LogP contribution >= 0.6 is 0 Å². The van der Waals surface area contributed by atoms with Crippen molar-refractivity contribution in [2.75, 3.05) is 0 Å². The molecule has 3 aromatic heterocycles. The number of aldehydes is 1. The number of aromatic nitrogens is 3. The molecular formula is C13H11N3O2. The Kier molecular flexibility index (Phi) is 2.46. The average Bonchev–Trinajstić information content (AvgIpc) is 3.03. The molecule has 3 heterocycles. The van der Waals surface area contributed by atoms with Gasteiger partial charge in [-0.1, -0.05) is 0 Å². The lowest BCUT2D eigenvalue weighted by Crippen LogP contribution is -1.94. The van der Waals surface area contributed by atoms with Crippen LogP contribution in [-0.2, 0) is 4.79 Å². The van der Waals surface area contributed by atoms with E-state index in [9.17, 15) is 9.90 Å². The number of aliphatic hydroxyl groups excluding tert-OH is 1. The summed E-state index contributed by atoms with van der Waals surface area (Å²) in [6.07, 6.45) is 4.53. The van der Waals surface area contributed by atoms with E-state index in [0.29, 0.717) is 11.8 Å². The number of H-pyrrole nitrogens is 2. The molecule has 0 fully saturated rings. The lowest BCUT2D eigenvalue weighted by atomic mass is 10.2. The molecule has 1 atom stereocenters. The maximum atomic E-state index is 10.5. The van der Waals surface area contributed by atoms with Crippen molar-refractivity contribution in [2.45, 2.75) is 6.10 Å².